The van der Waals surface area contributed by atoms with Gasteiger partial charge in [-0.25, -0.2) is 9.67 Å². The van der Waals surface area contributed by atoms with Crippen LogP contribution in [0.4, 0.5) is 0 Å². The number of hydrogen-bond acceptors (Lipinski definition) is 4. The fourth-order valence-electron chi connectivity index (χ4n) is 2.63. The molecule has 0 fully saturated rings. The highest BCUT2D eigenvalue weighted by Crippen LogP contribution is 2.22. The van der Waals surface area contributed by atoms with Crippen LogP contribution in [0.25, 0.3) is 0 Å². The fraction of sp³-hybridized carbons (Fsp3) is 0.474. The molecule has 2 N–H and O–H groups in total. The lowest BCUT2D eigenvalue weighted by atomic mass is 10.2. The van der Waals surface area contributed by atoms with Crippen molar-refractivity contribution in [1.29, 1.82) is 0 Å². The van der Waals surface area contributed by atoms with E-state index in [1.165, 1.54) is 0 Å². The van der Waals surface area contributed by atoms with Gasteiger partial charge in [0.15, 0.2) is 5.96 Å². The summed E-state index contributed by atoms with van der Waals surface area (Å²) in [5.41, 5.74) is 3.06. The third-order valence-electron chi connectivity index (χ3n) is 3.90. The molecule has 0 aliphatic rings. The number of methoxy groups -OCH3 is 1. The fourth-order valence-corrected chi connectivity index (χ4v) is 2.63. The van der Waals surface area contributed by atoms with Crippen LogP contribution in [0.2, 0.25) is 0 Å². The third-order valence-corrected chi connectivity index (χ3v) is 3.90. The smallest absolute Gasteiger partial charge is 0.216 e. The second kappa shape index (κ2) is 9.70. The van der Waals surface area contributed by atoms with Gasteiger partial charge >= 0.3 is 0 Å². The van der Waals surface area contributed by atoms with Gasteiger partial charge < -0.3 is 19.8 Å². The molecule has 7 heteroatoms. The molecule has 0 bridgehead atoms. The summed E-state index contributed by atoms with van der Waals surface area (Å²) in [6, 6.07) is 3.86. The summed E-state index contributed by atoms with van der Waals surface area (Å²) in [6.45, 7) is 9.87. The lowest BCUT2D eigenvalue weighted by molar-refractivity contribution is 0.369. The van der Waals surface area contributed by atoms with Gasteiger partial charge in [-0.1, -0.05) is 19.1 Å². The van der Waals surface area contributed by atoms with Crippen LogP contribution >= 0.6 is 0 Å². The molecular formula is C19H29N5O2. The van der Waals surface area contributed by atoms with Crippen molar-refractivity contribution in [3.05, 3.63) is 47.6 Å². The van der Waals surface area contributed by atoms with E-state index in [0.29, 0.717) is 13.1 Å². The van der Waals surface area contributed by atoms with Crippen LogP contribution in [-0.2, 0) is 26.4 Å². The van der Waals surface area contributed by atoms with Crippen molar-refractivity contribution in [2.75, 3.05) is 20.2 Å². The van der Waals surface area contributed by atoms with E-state index in [4.69, 9.17) is 14.1 Å². The number of ether oxygens (including phenoxy) is 1. The normalized spacial score (nSPS) is 11.5. The average molecular weight is 359 g/mol. The zero-order valence-electron chi connectivity index (χ0n) is 16.1. The number of rotatable bonds is 9. The summed E-state index contributed by atoms with van der Waals surface area (Å²) >= 11 is 0. The van der Waals surface area contributed by atoms with E-state index >= 15 is 0 Å². The van der Waals surface area contributed by atoms with E-state index in [1.807, 2.05) is 26.1 Å². The van der Waals surface area contributed by atoms with Crippen molar-refractivity contribution >= 4 is 5.96 Å². The molecule has 0 atom stereocenters. The third kappa shape index (κ3) is 5.40. The Hall–Kier alpha value is -2.70. The monoisotopic (exact) mass is 359 g/mol. The predicted molar refractivity (Wildman–Crippen MR) is 104 cm³/mol. The molecule has 0 unspecified atom stereocenters. The Morgan fingerprint density at radius 1 is 1.42 bits per heavy atom. The lowest BCUT2D eigenvalue weighted by Gasteiger charge is -2.12. The SMILES string of the molecule is C=C(C)CNC(=NCc1c(CC)nn(C)c1OC)NCCc1ccco1. The van der Waals surface area contributed by atoms with E-state index < -0.39 is 0 Å². The first-order valence-electron chi connectivity index (χ1n) is 8.82. The molecule has 7 nitrogen and oxygen atoms in total. The summed E-state index contributed by atoms with van der Waals surface area (Å²) in [7, 11) is 3.54. The maximum atomic E-state index is 5.48. The summed E-state index contributed by atoms with van der Waals surface area (Å²) < 4.78 is 12.6. The van der Waals surface area contributed by atoms with Crippen LogP contribution in [0, 0.1) is 0 Å². The molecule has 26 heavy (non-hydrogen) atoms. The Morgan fingerprint density at radius 3 is 2.85 bits per heavy atom. The molecule has 2 aromatic rings. The summed E-state index contributed by atoms with van der Waals surface area (Å²) in [5, 5.41) is 11.1. The topological polar surface area (TPSA) is 76.6 Å². The van der Waals surface area contributed by atoms with Crippen molar-refractivity contribution < 1.29 is 9.15 Å². The van der Waals surface area contributed by atoms with Gasteiger partial charge in [0.2, 0.25) is 5.88 Å². The highest BCUT2D eigenvalue weighted by Gasteiger charge is 2.15. The van der Waals surface area contributed by atoms with E-state index in [9.17, 15) is 0 Å². The zero-order chi connectivity index (χ0) is 18.9. The van der Waals surface area contributed by atoms with Gasteiger partial charge in [-0.05, 0) is 25.5 Å². The molecule has 142 valence electrons. The minimum Gasteiger partial charge on any atom is -0.481 e. The molecule has 0 radical (unpaired) electrons. The van der Waals surface area contributed by atoms with E-state index in [-0.39, 0.29) is 0 Å². The van der Waals surface area contributed by atoms with Crippen molar-refractivity contribution in [2.45, 2.75) is 33.2 Å². The number of aliphatic imine (C=N–C) groups is 1. The van der Waals surface area contributed by atoms with Gasteiger partial charge in [-0.3, -0.25) is 0 Å². The Kier molecular flexibility index (Phi) is 7.32. The maximum Gasteiger partial charge on any atom is 0.216 e. The number of nitrogens with zero attached hydrogens (tertiary/aromatic N) is 3. The van der Waals surface area contributed by atoms with Gasteiger partial charge in [0.25, 0.3) is 0 Å². The second-order valence-corrected chi connectivity index (χ2v) is 6.14. The number of guanidine groups is 1. The average Bonchev–Trinajstić information content (AvgIpc) is 3.23. The van der Waals surface area contributed by atoms with E-state index in [1.54, 1.807) is 18.1 Å². The predicted octanol–water partition coefficient (Wildman–Crippen LogP) is 2.44. The second-order valence-electron chi connectivity index (χ2n) is 6.14. The Labute approximate surface area is 155 Å². The standard InChI is InChI=1S/C19H29N5O2/c1-6-17-16(18(25-5)24(4)23-17)13-22-19(21-12-14(2)3)20-10-9-15-8-7-11-26-15/h7-8,11H,2,6,9-10,12-13H2,1,3-5H3,(H2,20,21,22). The van der Waals surface area contributed by atoms with Crippen LogP contribution in [0.1, 0.15) is 30.9 Å². The first-order chi connectivity index (χ1) is 12.5. The summed E-state index contributed by atoms with van der Waals surface area (Å²) in [5.74, 6) is 2.42. The molecule has 2 heterocycles. The Balaban J connectivity index is 2.07. The molecule has 0 aromatic carbocycles. The molecule has 2 rings (SSSR count). The molecule has 0 aliphatic carbocycles. The number of furan rings is 1. The summed E-state index contributed by atoms with van der Waals surface area (Å²) in [6.07, 6.45) is 3.31. The van der Waals surface area contributed by atoms with Crippen LogP contribution < -0.4 is 15.4 Å². The number of hydrogen-bond donors (Lipinski definition) is 2. The molecule has 0 aliphatic heterocycles. The van der Waals surface area contributed by atoms with Gasteiger partial charge in [0.05, 0.1) is 31.2 Å². The minimum absolute atomic E-state index is 0.493. The molecule has 0 saturated carbocycles. The van der Waals surface area contributed by atoms with Crippen LogP contribution in [0.3, 0.4) is 0 Å². The van der Waals surface area contributed by atoms with Gasteiger partial charge in [-0.2, -0.15) is 5.10 Å². The summed E-state index contributed by atoms with van der Waals surface area (Å²) in [4.78, 5) is 4.70. The minimum atomic E-state index is 0.493. The number of aryl methyl sites for hydroxylation is 2. The van der Waals surface area contributed by atoms with Gasteiger partial charge in [0, 0.05) is 26.6 Å². The molecule has 0 spiro atoms. The van der Waals surface area contributed by atoms with E-state index in [0.717, 1.165) is 53.8 Å². The highest BCUT2D eigenvalue weighted by molar-refractivity contribution is 5.80. The Morgan fingerprint density at radius 2 is 2.23 bits per heavy atom. The van der Waals surface area contributed by atoms with Crippen LogP contribution in [-0.4, -0.2) is 35.9 Å². The lowest BCUT2D eigenvalue weighted by Crippen LogP contribution is -2.39. The highest BCUT2D eigenvalue weighted by atomic mass is 16.5. The van der Waals surface area contributed by atoms with Gasteiger partial charge in [-0.15, -0.1) is 0 Å². The first-order valence-corrected chi connectivity index (χ1v) is 8.82. The van der Waals surface area contributed by atoms with Crippen molar-refractivity contribution in [2.24, 2.45) is 12.0 Å². The number of aromatic nitrogens is 2. The number of nitrogens with one attached hydrogen (secondary N) is 2. The maximum absolute atomic E-state index is 5.48. The van der Waals surface area contributed by atoms with Crippen LogP contribution in [0.5, 0.6) is 5.88 Å². The Bertz CT molecular complexity index is 731. The molecule has 0 amide bonds. The van der Waals surface area contributed by atoms with Crippen molar-refractivity contribution in [3.8, 4) is 5.88 Å². The van der Waals surface area contributed by atoms with E-state index in [2.05, 4.69) is 29.2 Å². The van der Waals surface area contributed by atoms with Crippen LogP contribution in [0.15, 0.2) is 40.0 Å². The quantitative estimate of drug-likeness (QED) is 0.409. The largest absolute Gasteiger partial charge is 0.481 e. The molecular weight excluding hydrogens is 330 g/mol. The van der Waals surface area contributed by atoms with Gasteiger partial charge in [0.1, 0.15) is 5.76 Å². The first kappa shape index (κ1) is 19.6. The molecule has 2 aromatic heterocycles. The van der Waals surface area contributed by atoms with Crippen molar-refractivity contribution in [3.63, 3.8) is 0 Å². The molecule has 0 saturated heterocycles. The van der Waals surface area contributed by atoms with Crippen molar-refractivity contribution in [1.82, 2.24) is 20.4 Å². The zero-order valence-corrected chi connectivity index (χ0v) is 16.1.